The third-order valence-corrected chi connectivity index (χ3v) is 4.14. The van der Waals surface area contributed by atoms with E-state index in [9.17, 15) is 14.0 Å². The van der Waals surface area contributed by atoms with Crippen LogP contribution < -0.4 is 0 Å². The second-order valence-electron chi connectivity index (χ2n) is 5.95. The summed E-state index contributed by atoms with van der Waals surface area (Å²) in [7, 11) is 0. The smallest absolute Gasteiger partial charge is 0.255 e. The van der Waals surface area contributed by atoms with Gasteiger partial charge in [0.25, 0.3) is 5.91 Å². The molecule has 1 aromatic rings. The number of nitrogens with zero attached hydrogens (tertiary/aromatic N) is 3. The quantitative estimate of drug-likeness (QED) is 0.832. The fraction of sp³-hybridized carbons (Fsp3) is 0.438. The molecule has 2 amide bonds. The fourth-order valence-corrected chi connectivity index (χ4v) is 2.64. The number of nitriles is 1. The van der Waals surface area contributed by atoms with Crippen molar-refractivity contribution in [2.75, 3.05) is 26.2 Å². The summed E-state index contributed by atoms with van der Waals surface area (Å²) >= 11 is 5.91. The largest absolute Gasteiger partial charge is 0.338 e. The number of benzene rings is 1. The van der Waals surface area contributed by atoms with E-state index in [0.717, 1.165) is 6.07 Å². The van der Waals surface area contributed by atoms with Crippen molar-refractivity contribution in [1.82, 2.24) is 9.80 Å². The highest BCUT2D eigenvalue weighted by molar-refractivity contribution is 6.33. The Morgan fingerprint density at radius 1 is 1.22 bits per heavy atom. The number of hydrogen-bond acceptors (Lipinski definition) is 3. The number of rotatable bonds is 2. The summed E-state index contributed by atoms with van der Waals surface area (Å²) in [6.45, 7) is 4.55. The molecule has 1 aromatic carbocycles. The molecular formula is C16H17ClFN3O2. The first-order valence-corrected chi connectivity index (χ1v) is 7.59. The van der Waals surface area contributed by atoms with Crippen LogP contribution in [0.5, 0.6) is 0 Å². The lowest BCUT2D eigenvalue weighted by Gasteiger charge is -2.37. The molecule has 5 nitrogen and oxygen atoms in total. The summed E-state index contributed by atoms with van der Waals surface area (Å²) in [6.07, 6.45) is 0. The molecule has 1 aliphatic heterocycles. The molecule has 0 aliphatic carbocycles. The SMILES string of the molecule is CC(C)(C#N)C(=O)N1CCN(C(=O)c2ccc(F)cc2Cl)CC1. The molecule has 1 fully saturated rings. The van der Waals surface area contributed by atoms with E-state index in [0.29, 0.717) is 26.2 Å². The predicted molar refractivity (Wildman–Crippen MR) is 83.3 cm³/mol. The van der Waals surface area contributed by atoms with E-state index in [1.54, 1.807) is 23.6 Å². The third-order valence-electron chi connectivity index (χ3n) is 3.83. The summed E-state index contributed by atoms with van der Waals surface area (Å²) in [4.78, 5) is 27.8. The van der Waals surface area contributed by atoms with Crippen LogP contribution in [0.1, 0.15) is 24.2 Å². The van der Waals surface area contributed by atoms with Crippen molar-refractivity contribution in [1.29, 1.82) is 5.26 Å². The van der Waals surface area contributed by atoms with E-state index < -0.39 is 11.2 Å². The molecule has 0 spiro atoms. The predicted octanol–water partition coefficient (Wildman–Crippen LogP) is 2.31. The van der Waals surface area contributed by atoms with Crippen molar-refractivity contribution < 1.29 is 14.0 Å². The Kier molecular flexibility index (Phi) is 4.90. The van der Waals surface area contributed by atoms with E-state index in [2.05, 4.69) is 0 Å². The van der Waals surface area contributed by atoms with Gasteiger partial charge in [-0.2, -0.15) is 5.26 Å². The molecule has 2 rings (SSSR count). The monoisotopic (exact) mass is 337 g/mol. The molecule has 0 atom stereocenters. The molecular weight excluding hydrogens is 321 g/mol. The van der Waals surface area contributed by atoms with Crippen LogP contribution in [0.3, 0.4) is 0 Å². The van der Waals surface area contributed by atoms with E-state index in [-0.39, 0.29) is 22.4 Å². The van der Waals surface area contributed by atoms with Crippen LogP contribution in [0.25, 0.3) is 0 Å². The van der Waals surface area contributed by atoms with Crippen LogP contribution in [0.4, 0.5) is 4.39 Å². The van der Waals surface area contributed by atoms with E-state index >= 15 is 0 Å². The first kappa shape index (κ1) is 17.2. The highest BCUT2D eigenvalue weighted by Gasteiger charge is 2.34. The Morgan fingerprint density at radius 2 is 1.78 bits per heavy atom. The minimum absolute atomic E-state index is 0.0686. The topological polar surface area (TPSA) is 64.4 Å². The van der Waals surface area contributed by atoms with E-state index in [1.807, 2.05) is 6.07 Å². The van der Waals surface area contributed by atoms with Crippen LogP contribution >= 0.6 is 11.6 Å². The van der Waals surface area contributed by atoms with Gasteiger partial charge in [0.05, 0.1) is 16.7 Å². The van der Waals surface area contributed by atoms with Gasteiger partial charge in [0, 0.05) is 26.2 Å². The number of halogens is 2. The van der Waals surface area contributed by atoms with Crippen LogP contribution in [0.2, 0.25) is 5.02 Å². The zero-order chi connectivity index (χ0) is 17.2. The number of carbonyl (C=O) groups excluding carboxylic acids is 2. The van der Waals surface area contributed by atoms with Crippen LogP contribution in [-0.4, -0.2) is 47.8 Å². The molecule has 0 N–H and O–H groups in total. The number of piperazine rings is 1. The lowest BCUT2D eigenvalue weighted by molar-refractivity contribution is -0.139. The normalized spacial score (nSPS) is 15.3. The zero-order valence-corrected chi connectivity index (χ0v) is 13.7. The summed E-state index contributed by atoms with van der Waals surface area (Å²) in [5, 5.41) is 9.10. The van der Waals surface area contributed by atoms with E-state index in [4.69, 9.17) is 16.9 Å². The Morgan fingerprint density at radius 3 is 2.30 bits per heavy atom. The Balaban J connectivity index is 2.03. The van der Waals surface area contributed by atoms with Crippen molar-refractivity contribution in [2.24, 2.45) is 5.41 Å². The highest BCUT2D eigenvalue weighted by Crippen LogP contribution is 2.22. The molecule has 122 valence electrons. The molecule has 1 aliphatic rings. The lowest BCUT2D eigenvalue weighted by atomic mass is 9.93. The van der Waals surface area contributed by atoms with Crippen molar-refractivity contribution in [3.8, 4) is 6.07 Å². The van der Waals surface area contributed by atoms with Gasteiger partial charge in [-0.15, -0.1) is 0 Å². The molecule has 0 unspecified atom stereocenters. The van der Waals surface area contributed by atoms with Crippen molar-refractivity contribution in [2.45, 2.75) is 13.8 Å². The number of hydrogen-bond donors (Lipinski definition) is 0. The molecule has 23 heavy (non-hydrogen) atoms. The third kappa shape index (κ3) is 3.62. The van der Waals surface area contributed by atoms with E-state index in [1.165, 1.54) is 12.1 Å². The Hall–Kier alpha value is -2.13. The summed E-state index contributed by atoms with van der Waals surface area (Å²) in [5.74, 6) is -1.03. The van der Waals surface area contributed by atoms with Gasteiger partial charge in [0.2, 0.25) is 5.91 Å². The second-order valence-corrected chi connectivity index (χ2v) is 6.35. The molecule has 1 heterocycles. The summed E-state index contributed by atoms with van der Waals surface area (Å²) in [6, 6.07) is 5.63. The number of amides is 2. The van der Waals surface area contributed by atoms with Crippen LogP contribution in [-0.2, 0) is 4.79 Å². The maximum atomic E-state index is 13.1. The zero-order valence-electron chi connectivity index (χ0n) is 13.0. The van der Waals surface area contributed by atoms with Gasteiger partial charge < -0.3 is 9.80 Å². The molecule has 0 bridgehead atoms. The standard InChI is InChI=1S/C16H17ClFN3O2/c1-16(2,10-19)15(23)21-7-5-20(6-8-21)14(22)12-4-3-11(18)9-13(12)17/h3-4,9H,5-8H2,1-2H3. The number of carbonyl (C=O) groups is 2. The van der Waals surface area contributed by atoms with Gasteiger partial charge in [-0.3, -0.25) is 9.59 Å². The first-order chi connectivity index (χ1) is 10.8. The second kappa shape index (κ2) is 6.55. The van der Waals surface area contributed by atoms with Gasteiger partial charge in [0.1, 0.15) is 11.2 Å². The van der Waals surface area contributed by atoms with Gasteiger partial charge in [-0.05, 0) is 32.0 Å². The van der Waals surface area contributed by atoms with Crippen LogP contribution in [0, 0.1) is 22.6 Å². The van der Waals surface area contributed by atoms with Crippen molar-refractivity contribution >= 4 is 23.4 Å². The van der Waals surface area contributed by atoms with Crippen molar-refractivity contribution in [3.63, 3.8) is 0 Å². The average Bonchev–Trinajstić information content (AvgIpc) is 2.53. The Bertz CT molecular complexity index is 676. The Labute approximate surface area is 139 Å². The molecule has 7 heteroatoms. The van der Waals surface area contributed by atoms with Crippen LogP contribution in [0.15, 0.2) is 18.2 Å². The van der Waals surface area contributed by atoms with Gasteiger partial charge >= 0.3 is 0 Å². The molecule has 0 radical (unpaired) electrons. The molecule has 1 saturated heterocycles. The highest BCUT2D eigenvalue weighted by atomic mass is 35.5. The van der Waals surface area contributed by atoms with Gasteiger partial charge in [0.15, 0.2) is 0 Å². The fourth-order valence-electron chi connectivity index (χ4n) is 2.39. The summed E-state index contributed by atoms with van der Waals surface area (Å²) < 4.78 is 13.1. The molecule has 0 saturated carbocycles. The summed E-state index contributed by atoms with van der Waals surface area (Å²) in [5.41, 5.74) is -0.836. The van der Waals surface area contributed by atoms with Crippen molar-refractivity contribution in [3.05, 3.63) is 34.6 Å². The first-order valence-electron chi connectivity index (χ1n) is 7.21. The maximum absolute atomic E-state index is 13.1. The minimum atomic E-state index is -1.08. The lowest BCUT2D eigenvalue weighted by Crippen LogP contribution is -2.53. The van der Waals surface area contributed by atoms with Gasteiger partial charge in [-0.25, -0.2) is 4.39 Å². The minimum Gasteiger partial charge on any atom is -0.338 e. The molecule has 0 aromatic heterocycles. The average molecular weight is 338 g/mol. The maximum Gasteiger partial charge on any atom is 0.255 e. The van der Waals surface area contributed by atoms with Gasteiger partial charge in [-0.1, -0.05) is 11.6 Å².